The molecule has 3 aromatic rings. The third kappa shape index (κ3) is 7.32. The lowest BCUT2D eigenvalue weighted by Gasteiger charge is -2.07. The second-order valence-electron chi connectivity index (χ2n) is 6.04. The number of hydrazone groups is 1. The molecule has 1 N–H and O–H groups in total. The molecule has 1 amide bonds. The highest BCUT2D eigenvalue weighted by Gasteiger charge is 2.07. The van der Waals surface area contributed by atoms with Crippen LogP contribution in [-0.2, 0) is 10.5 Å². The maximum Gasteiger partial charge on any atom is 0.278 e. The molecule has 8 heteroatoms. The fraction of sp³-hybridized carbons (Fsp3) is 0.143. The topological polar surface area (TPSA) is 76.5 Å². The SMILES string of the molecule is Cc1cc(OCC(=O)N/N=C/c2cccc(Br)c2)nc(SCc2ccccc2)n1. The van der Waals surface area contributed by atoms with Crippen LogP contribution in [0.3, 0.4) is 0 Å². The monoisotopic (exact) mass is 470 g/mol. The number of hydrogen-bond acceptors (Lipinski definition) is 6. The van der Waals surface area contributed by atoms with Gasteiger partial charge in [-0.05, 0) is 30.2 Å². The summed E-state index contributed by atoms with van der Waals surface area (Å²) in [6.07, 6.45) is 1.57. The van der Waals surface area contributed by atoms with Crippen molar-refractivity contribution in [2.24, 2.45) is 5.10 Å². The number of thioether (sulfide) groups is 1. The van der Waals surface area contributed by atoms with Crippen molar-refractivity contribution in [2.75, 3.05) is 6.61 Å². The number of rotatable bonds is 8. The van der Waals surface area contributed by atoms with Crippen molar-refractivity contribution in [3.8, 4) is 5.88 Å². The van der Waals surface area contributed by atoms with Gasteiger partial charge in [0.05, 0.1) is 6.21 Å². The predicted octanol–water partition coefficient (Wildman–Crippen LogP) is 4.37. The van der Waals surface area contributed by atoms with E-state index in [9.17, 15) is 4.79 Å². The minimum Gasteiger partial charge on any atom is -0.467 e. The molecule has 0 saturated heterocycles. The van der Waals surface area contributed by atoms with Gasteiger partial charge in [-0.1, -0.05) is 70.2 Å². The van der Waals surface area contributed by atoms with E-state index in [2.05, 4.69) is 48.6 Å². The molecule has 29 heavy (non-hydrogen) atoms. The number of ether oxygens (including phenoxy) is 1. The van der Waals surface area contributed by atoms with Gasteiger partial charge in [-0.15, -0.1) is 0 Å². The average molecular weight is 471 g/mol. The molecule has 0 unspecified atom stereocenters. The van der Waals surface area contributed by atoms with Crippen molar-refractivity contribution in [1.82, 2.24) is 15.4 Å². The summed E-state index contributed by atoms with van der Waals surface area (Å²) < 4.78 is 6.45. The Balaban J connectivity index is 1.50. The second kappa shape index (κ2) is 10.7. The van der Waals surface area contributed by atoms with Crippen LogP contribution in [0.25, 0.3) is 0 Å². The number of hydrogen-bond donors (Lipinski definition) is 1. The Bertz CT molecular complexity index is 999. The molecule has 0 bridgehead atoms. The highest BCUT2D eigenvalue weighted by atomic mass is 79.9. The number of aromatic nitrogens is 2. The van der Waals surface area contributed by atoms with Gasteiger partial charge in [-0.3, -0.25) is 4.79 Å². The van der Waals surface area contributed by atoms with E-state index in [4.69, 9.17) is 4.74 Å². The number of aryl methyl sites for hydroxylation is 1. The molecule has 0 aliphatic carbocycles. The van der Waals surface area contributed by atoms with E-state index in [1.54, 1.807) is 12.3 Å². The van der Waals surface area contributed by atoms with Crippen LogP contribution < -0.4 is 10.2 Å². The van der Waals surface area contributed by atoms with Crippen LogP contribution in [-0.4, -0.2) is 28.7 Å². The summed E-state index contributed by atoms with van der Waals surface area (Å²) in [4.78, 5) is 20.7. The van der Waals surface area contributed by atoms with Gasteiger partial charge in [0.15, 0.2) is 11.8 Å². The smallest absolute Gasteiger partial charge is 0.278 e. The van der Waals surface area contributed by atoms with E-state index >= 15 is 0 Å². The maximum atomic E-state index is 11.9. The van der Waals surface area contributed by atoms with Gasteiger partial charge in [0, 0.05) is 22.0 Å². The minimum absolute atomic E-state index is 0.185. The van der Waals surface area contributed by atoms with E-state index in [1.807, 2.05) is 49.4 Å². The summed E-state index contributed by atoms with van der Waals surface area (Å²) in [7, 11) is 0. The van der Waals surface area contributed by atoms with E-state index < -0.39 is 0 Å². The molecule has 0 saturated carbocycles. The number of amides is 1. The molecule has 0 fully saturated rings. The lowest BCUT2D eigenvalue weighted by molar-refractivity contribution is -0.123. The van der Waals surface area contributed by atoms with Gasteiger partial charge in [0.1, 0.15) is 0 Å². The van der Waals surface area contributed by atoms with Gasteiger partial charge < -0.3 is 4.74 Å². The zero-order chi connectivity index (χ0) is 20.5. The quantitative estimate of drug-likeness (QED) is 0.229. The molecular formula is C21H19BrN4O2S. The molecule has 0 aliphatic rings. The number of halogens is 1. The van der Waals surface area contributed by atoms with Crippen LogP contribution in [0.4, 0.5) is 0 Å². The van der Waals surface area contributed by atoms with Crippen molar-refractivity contribution in [3.05, 3.63) is 82.0 Å². The first-order valence-electron chi connectivity index (χ1n) is 8.81. The Labute approximate surface area is 181 Å². The molecule has 2 aromatic carbocycles. The van der Waals surface area contributed by atoms with Gasteiger partial charge in [0.2, 0.25) is 5.88 Å². The predicted molar refractivity (Wildman–Crippen MR) is 118 cm³/mol. The molecule has 6 nitrogen and oxygen atoms in total. The molecule has 0 radical (unpaired) electrons. The highest BCUT2D eigenvalue weighted by Crippen LogP contribution is 2.21. The van der Waals surface area contributed by atoms with Crippen LogP contribution in [0.5, 0.6) is 5.88 Å². The van der Waals surface area contributed by atoms with Crippen molar-refractivity contribution >= 4 is 39.8 Å². The molecule has 1 aromatic heterocycles. The standard InChI is InChI=1S/C21H19BrN4O2S/c1-15-10-20(25-21(24-15)29-14-16-6-3-2-4-7-16)28-13-19(27)26-23-12-17-8-5-9-18(22)11-17/h2-12H,13-14H2,1H3,(H,26,27)/b23-12+. The number of benzene rings is 2. The number of nitrogens with one attached hydrogen (secondary N) is 1. The molecule has 0 aliphatic heterocycles. The van der Waals surface area contributed by atoms with Crippen LogP contribution in [0.1, 0.15) is 16.8 Å². The highest BCUT2D eigenvalue weighted by molar-refractivity contribution is 9.10. The average Bonchev–Trinajstić information content (AvgIpc) is 2.71. The molecule has 0 spiro atoms. The Morgan fingerprint density at radius 1 is 1.17 bits per heavy atom. The number of carbonyl (C=O) groups excluding carboxylic acids is 1. The summed E-state index contributed by atoms with van der Waals surface area (Å²) >= 11 is 4.91. The Morgan fingerprint density at radius 2 is 2.00 bits per heavy atom. The summed E-state index contributed by atoms with van der Waals surface area (Å²) in [5, 5.41) is 4.54. The van der Waals surface area contributed by atoms with Crippen LogP contribution in [0, 0.1) is 6.92 Å². The first-order chi connectivity index (χ1) is 14.1. The van der Waals surface area contributed by atoms with Crippen LogP contribution in [0.2, 0.25) is 0 Å². The Kier molecular flexibility index (Phi) is 7.77. The van der Waals surface area contributed by atoms with Crippen molar-refractivity contribution in [2.45, 2.75) is 17.8 Å². The Morgan fingerprint density at radius 3 is 2.79 bits per heavy atom. The summed E-state index contributed by atoms with van der Waals surface area (Å²) in [5.74, 6) is 0.749. The van der Waals surface area contributed by atoms with Crippen molar-refractivity contribution in [1.29, 1.82) is 0 Å². The van der Waals surface area contributed by atoms with Crippen LogP contribution >= 0.6 is 27.7 Å². The zero-order valence-corrected chi connectivity index (χ0v) is 18.1. The van der Waals surface area contributed by atoms with Gasteiger partial charge in [0.25, 0.3) is 5.91 Å². The lowest BCUT2D eigenvalue weighted by atomic mass is 10.2. The summed E-state index contributed by atoms with van der Waals surface area (Å²) in [6, 6.07) is 19.4. The zero-order valence-electron chi connectivity index (χ0n) is 15.7. The molecule has 3 rings (SSSR count). The minimum atomic E-state index is -0.369. The van der Waals surface area contributed by atoms with E-state index in [1.165, 1.54) is 17.3 Å². The third-order valence-electron chi connectivity index (χ3n) is 3.62. The van der Waals surface area contributed by atoms with E-state index in [0.717, 1.165) is 21.5 Å². The van der Waals surface area contributed by atoms with Crippen LogP contribution in [0.15, 0.2) is 75.4 Å². The lowest BCUT2D eigenvalue weighted by Crippen LogP contribution is -2.24. The molecule has 1 heterocycles. The van der Waals surface area contributed by atoms with Crippen molar-refractivity contribution in [3.63, 3.8) is 0 Å². The fourth-order valence-corrected chi connectivity index (χ4v) is 3.58. The fourth-order valence-electron chi connectivity index (χ4n) is 2.31. The van der Waals surface area contributed by atoms with Gasteiger partial charge >= 0.3 is 0 Å². The normalized spacial score (nSPS) is 10.8. The maximum absolute atomic E-state index is 11.9. The number of nitrogens with zero attached hydrogens (tertiary/aromatic N) is 3. The molecular weight excluding hydrogens is 452 g/mol. The van der Waals surface area contributed by atoms with E-state index in [-0.39, 0.29) is 12.5 Å². The molecule has 148 valence electrons. The Hall–Kier alpha value is -2.71. The second-order valence-corrected chi connectivity index (χ2v) is 7.90. The van der Waals surface area contributed by atoms with Crippen molar-refractivity contribution < 1.29 is 9.53 Å². The number of carbonyl (C=O) groups is 1. The van der Waals surface area contributed by atoms with Gasteiger partial charge in [-0.2, -0.15) is 10.1 Å². The summed E-state index contributed by atoms with van der Waals surface area (Å²) in [5.41, 5.74) is 5.27. The van der Waals surface area contributed by atoms with Gasteiger partial charge in [-0.25, -0.2) is 10.4 Å². The first-order valence-corrected chi connectivity index (χ1v) is 10.6. The largest absolute Gasteiger partial charge is 0.467 e. The van der Waals surface area contributed by atoms with E-state index in [0.29, 0.717) is 11.0 Å². The third-order valence-corrected chi connectivity index (χ3v) is 5.04. The first kappa shape index (κ1) is 21.0. The molecule has 0 atom stereocenters. The summed E-state index contributed by atoms with van der Waals surface area (Å²) in [6.45, 7) is 1.68.